The second-order valence-corrected chi connectivity index (χ2v) is 8.32. The molecule has 0 aliphatic carbocycles. The van der Waals surface area contributed by atoms with Crippen molar-refractivity contribution in [2.24, 2.45) is 0 Å². The first kappa shape index (κ1) is 25.6. The number of hydrogen-bond donors (Lipinski definition) is 2. The van der Waals surface area contributed by atoms with Gasteiger partial charge in [0, 0.05) is 48.4 Å². The number of pyridine rings is 1. The van der Waals surface area contributed by atoms with Crippen LogP contribution in [0.2, 0.25) is 0 Å². The zero-order valence-corrected chi connectivity index (χ0v) is 21.0. The Morgan fingerprint density at radius 1 is 1.22 bits per heavy atom. The van der Waals surface area contributed by atoms with Crippen LogP contribution in [-0.2, 0) is 13.1 Å². The van der Waals surface area contributed by atoms with Gasteiger partial charge in [-0.3, -0.25) is 14.8 Å². The van der Waals surface area contributed by atoms with Gasteiger partial charge in [-0.15, -0.1) is 0 Å². The number of nitrogens with zero attached hydrogens (tertiary/aromatic N) is 4. The van der Waals surface area contributed by atoms with Gasteiger partial charge in [0.05, 0.1) is 44.4 Å². The number of carbonyl (C=O) groups is 1. The van der Waals surface area contributed by atoms with E-state index in [-0.39, 0.29) is 30.3 Å². The number of methoxy groups -OCH3 is 2. The molecule has 2 amide bonds. The van der Waals surface area contributed by atoms with E-state index in [4.69, 9.17) is 19.4 Å². The molecule has 2 aromatic heterocycles. The number of nitrogens with one attached hydrogen (secondary N) is 2. The summed E-state index contributed by atoms with van der Waals surface area (Å²) in [5, 5.41) is 14.9. The summed E-state index contributed by atoms with van der Waals surface area (Å²) in [4.78, 5) is 20.6. The van der Waals surface area contributed by atoms with Gasteiger partial charge in [0.2, 0.25) is 0 Å². The molecule has 1 aliphatic heterocycles. The summed E-state index contributed by atoms with van der Waals surface area (Å²) in [6.45, 7) is 3.12. The van der Waals surface area contributed by atoms with Crippen LogP contribution < -0.4 is 24.6 Å². The Labute approximate surface area is 212 Å². The van der Waals surface area contributed by atoms with Gasteiger partial charge in [0.1, 0.15) is 5.69 Å². The molecule has 37 heavy (non-hydrogen) atoms. The number of fused-ring (bicyclic) bond motifs is 1. The number of ether oxygens (including phenoxy) is 2. The lowest BCUT2D eigenvalue weighted by Crippen LogP contribution is -2.47. The zero-order valence-electron chi connectivity index (χ0n) is 21.0. The predicted octanol–water partition coefficient (Wildman–Crippen LogP) is 4.42. The topological polar surface area (TPSA) is 117 Å². The van der Waals surface area contributed by atoms with Crippen LogP contribution >= 0.6 is 0 Å². The van der Waals surface area contributed by atoms with Gasteiger partial charge in [0.15, 0.2) is 28.9 Å². The second-order valence-electron chi connectivity index (χ2n) is 8.32. The molecule has 0 saturated carbocycles. The van der Waals surface area contributed by atoms with Crippen molar-refractivity contribution in [1.29, 1.82) is 5.41 Å². The molecule has 0 saturated heterocycles. The average molecular weight is 513 g/mol. The molecule has 0 bridgehead atoms. The van der Waals surface area contributed by atoms with E-state index >= 15 is 8.78 Å². The van der Waals surface area contributed by atoms with Crippen molar-refractivity contribution in [3.8, 4) is 11.5 Å². The summed E-state index contributed by atoms with van der Waals surface area (Å²) in [6, 6.07) is 3.69. The first-order valence-corrected chi connectivity index (χ1v) is 11.2. The van der Waals surface area contributed by atoms with E-state index in [1.165, 1.54) is 25.3 Å². The van der Waals surface area contributed by atoms with Crippen molar-refractivity contribution in [1.82, 2.24) is 15.5 Å². The summed E-state index contributed by atoms with van der Waals surface area (Å²) >= 11 is 0. The Bertz CT molecular complexity index is 1380. The highest BCUT2D eigenvalue weighted by molar-refractivity contribution is 6.20. The Kier molecular flexibility index (Phi) is 7.09. The number of hydrogen-bond acceptors (Lipinski definition) is 8. The number of carbonyl (C=O) groups excluding carboxylic acids is 1. The van der Waals surface area contributed by atoms with Crippen molar-refractivity contribution in [2.45, 2.75) is 26.9 Å². The SMILES string of the molecule is CN/C=C(\C(C)=N)c1cc2c(cn1)CN(c1c(F)c(OC)cc(OC)c1F)C(=O)N2Cc1cc(C)no1. The molecule has 3 aromatic rings. The molecule has 0 unspecified atom stereocenters. The number of halogens is 2. The number of anilines is 2. The number of allylic oxidation sites excluding steroid dienone is 1. The van der Waals surface area contributed by atoms with Crippen molar-refractivity contribution in [3.63, 3.8) is 0 Å². The first-order chi connectivity index (χ1) is 17.7. The monoisotopic (exact) mass is 512 g/mol. The van der Waals surface area contributed by atoms with Crippen LogP contribution in [-0.4, -0.2) is 43.2 Å². The maximum atomic E-state index is 15.4. The van der Waals surface area contributed by atoms with E-state index in [0.717, 1.165) is 11.0 Å². The van der Waals surface area contributed by atoms with Crippen LogP contribution in [0, 0.1) is 24.0 Å². The highest BCUT2D eigenvalue weighted by atomic mass is 19.1. The third kappa shape index (κ3) is 4.69. The van der Waals surface area contributed by atoms with Crippen LogP contribution in [0.1, 0.15) is 29.6 Å². The second kappa shape index (κ2) is 10.2. The van der Waals surface area contributed by atoms with Crippen LogP contribution in [0.5, 0.6) is 11.5 Å². The van der Waals surface area contributed by atoms with Crippen molar-refractivity contribution in [2.75, 3.05) is 31.1 Å². The largest absolute Gasteiger partial charge is 0.493 e. The molecule has 0 fully saturated rings. The van der Waals surface area contributed by atoms with E-state index in [1.54, 1.807) is 39.2 Å². The first-order valence-electron chi connectivity index (χ1n) is 11.2. The Morgan fingerprint density at radius 3 is 2.43 bits per heavy atom. The Balaban J connectivity index is 1.89. The number of amides is 2. The molecule has 0 radical (unpaired) electrons. The molecule has 0 atom stereocenters. The summed E-state index contributed by atoms with van der Waals surface area (Å²) in [5.41, 5.74) is 2.20. The Morgan fingerprint density at radius 2 is 1.89 bits per heavy atom. The number of rotatable bonds is 8. The molecule has 10 nitrogen and oxygen atoms in total. The molecular formula is C25H26F2N6O4. The van der Waals surface area contributed by atoms with Gasteiger partial charge in [-0.1, -0.05) is 5.16 Å². The lowest BCUT2D eigenvalue weighted by atomic mass is 10.0. The molecule has 2 N–H and O–H groups in total. The fourth-order valence-corrected chi connectivity index (χ4v) is 4.08. The number of aromatic nitrogens is 2. The summed E-state index contributed by atoms with van der Waals surface area (Å²) in [6.07, 6.45) is 3.15. The molecule has 1 aliphatic rings. The minimum Gasteiger partial charge on any atom is -0.493 e. The number of aryl methyl sites for hydroxylation is 1. The highest BCUT2D eigenvalue weighted by Gasteiger charge is 2.37. The van der Waals surface area contributed by atoms with Gasteiger partial charge in [-0.2, -0.15) is 0 Å². The van der Waals surface area contributed by atoms with Crippen LogP contribution in [0.3, 0.4) is 0 Å². The van der Waals surface area contributed by atoms with Crippen molar-refractivity contribution < 1.29 is 27.6 Å². The van der Waals surface area contributed by atoms with Gasteiger partial charge in [0.25, 0.3) is 0 Å². The highest BCUT2D eigenvalue weighted by Crippen LogP contribution is 2.41. The zero-order chi connectivity index (χ0) is 26.9. The molecule has 194 valence electrons. The Hall–Kier alpha value is -4.48. The third-order valence-corrected chi connectivity index (χ3v) is 5.82. The average Bonchev–Trinajstić information content (AvgIpc) is 3.29. The van der Waals surface area contributed by atoms with E-state index in [1.807, 2.05) is 0 Å². The lowest BCUT2D eigenvalue weighted by Gasteiger charge is -2.37. The minimum atomic E-state index is -1.05. The molecule has 3 heterocycles. The summed E-state index contributed by atoms with van der Waals surface area (Å²) < 4.78 is 46.2. The van der Waals surface area contributed by atoms with Crippen molar-refractivity contribution in [3.05, 3.63) is 64.9 Å². The third-order valence-electron chi connectivity index (χ3n) is 5.82. The van der Waals surface area contributed by atoms with Gasteiger partial charge < -0.3 is 24.7 Å². The van der Waals surface area contributed by atoms with Crippen LogP contribution in [0.15, 0.2) is 35.1 Å². The number of benzene rings is 1. The minimum absolute atomic E-state index is 0.0639. The quantitative estimate of drug-likeness (QED) is 0.429. The molecule has 4 rings (SSSR count). The van der Waals surface area contributed by atoms with Gasteiger partial charge in [-0.05, 0) is 19.9 Å². The summed E-state index contributed by atoms with van der Waals surface area (Å²) in [5.74, 6) is -2.27. The van der Waals surface area contributed by atoms with E-state index in [2.05, 4.69) is 15.5 Å². The maximum Gasteiger partial charge on any atom is 0.329 e. The van der Waals surface area contributed by atoms with Crippen molar-refractivity contribution >= 4 is 28.7 Å². The molecule has 0 spiro atoms. The van der Waals surface area contributed by atoms with Gasteiger partial charge in [-0.25, -0.2) is 13.6 Å². The molecular weight excluding hydrogens is 486 g/mol. The van der Waals surface area contributed by atoms with Crippen LogP contribution in [0.25, 0.3) is 5.57 Å². The fraction of sp³-hybridized carbons (Fsp3) is 0.280. The summed E-state index contributed by atoms with van der Waals surface area (Å²) in [7, 11) is 4.17. The van der Waals surface area contributed by atoms with E-state index in [0.29, 0.717) is 34.0 Å². The van der Waals surface area contributed by atoms with Crippen LogP contribution in [0.4, 0.5) is 25.0 Å². The predicted molar refractivity (Wildman–Crippen MR) is 133 cm³/mol. The maximum absolute atomic E-state index is 15.4. The lowest BCUT2D eigenvalue weighted by molar-refractivity contribution is 0.248. The van der Waals surface area contributed by atoms with Gasteiger partial charge >= 0.3 is 6.03 Å². The normalized spacial score (nSPS) is 13.5. The molecule has 1 aromatic carbocycles. The number of urea groups is 1. The van der Waals surface area contributed by atoms with E-state index in [9.17, 15) is 4.79 Å². The standard InChI is InChI=1S/C25H26F2N6O4/c1-13-6-16(37-31-13)12-32-19-7-18(17(10-29-3)14(2)28)30-9-15(19)11-33(25(32)34)24-22(26)20(35-4)8-21(36-5)23(24)27/h6-10,28-29H,11-12H2,1-5H3/b17-10+,28-14?. The van der Waals surface area contributed by atoms with E-state index < -0.39 is 23.4 Å². The molecule has 12 heteroatoms. The fourth-order valence-electron chi connectivity index (χ4n) is 4.08. The smallest absolute Gasteiger partial charge is 0.329 e.